The topological polar surface area (TPSA) is 40.6 Å². The molecule has 0 N–H and O–H groups in total. The molecule has 4 nitrogen and oxygen atoms in total. The lowest BCUT2D eigenvalue weighted by molar-refractivity contribution is 0.355. The van der Waals surface area contributed by atoms with Crippen LogP contribution in [0.5, 0.6) is 0 Å². The van der Waals surface area contributed by atoms with Gasteiger partial charge in [0, 0.05) is 31.2 Å². The summed E-state index contributed by atoms with van der Waals surface area (Å²) in [5.41, 5.74) is 0.951. The van der Waals surface area contributed by atoms with Gasteiger partial charge in [-0.2, -0.15) is 17.0 Å². The Labute approximate surface area is 118 Å². The molecule has 0 saturated heterocycles. The molecule has 0 saturated carbocycles. The largest absolute Gasteiger partial charge is 0.282 e. The molecule has 0 amide bonds. The number of rotatable bonds is 5. The van der Waals surface area contributed by atoms with Crippen LogP contribution in [-0.2, 0) is 16.8 Å². The summed E-state index contributed by atoms with van der Waals surface area (Å²) in [7, 11) is -0.211. The maximum Gasteiger partial charge on any atom is 0.282 e. The quantitative estimate of drug-likeness (QED) is 0.829. The first-order chi connectivity index (χ1) is 8.25. The van der Waals surface area contributed by atoms with Crippen LogP contribution >= 0.6 is 15.9 Å². The van der Waals surface area contributed by atoms with E-state index in [2.05, 4.69) is 15.9 Å². The fourth-order valence-corrected chi connectivity index (χ4v) is 3.19. The molecule has 0 bridgehead atoms. The molecule has 0 aromatic heterocycles. The SMILES string of the molecule is CC(C)N(C)S(=O)(=O)N(C)Cc1cccc(Br)c1. The van der Waals surface area contributed by atoms with E-state index in [1.165, 1.54) is 8.61 Å². The molecule has 0 fully saturated rings. The summed E-state index contributed by atoms with van der Waals surface area (Å²) in [5.74, 6) is 0. The summed E-state index contributed by atoms with van der Waals surface area (Å²) in [4.78, 5) is 0. The van der Waals surface area contributed by atoms with Crippen molar-refractivity contribution in [3.63, 3.8) is 0 Å². The summed E-state index contributed by atoms with van der Waals surface area (Å²) >= 11 is 3.38. The van der Waals surface area contributed by atoms with E-state index in [0.717, 1.165) is 10.0 Å². The van der Waals surface area contributed by atoms with Gasteiger partial charge in [0.1, 0.15) is 0 Å². The van der Waals surface area contributed by atoms with Crippen LogP contribution in [0.15, 0.2) is 28.7 Å². The Balaban J connectivity index is 2.86. The van der Waals surface area contributed by atoms with E-state index < -0.39 is 10.2 Å². The standard InChI is InChI=1S/C12H19BrN2O2S/c1-10(2)15(4)18(16,17)14(3)9-11-6-5-7-12(13)8-11/h5-8,10H,9H2,1-4H3. The monoisotopic (exact) mass is 334 g/mol. The normalized spacial score (nSPS) is 12.7. The molecular formula is C12H19BrN2O2S. The van der Waals surface area contributed by atoms with Crippen molar-refractivity contribution in [3.05, 3.63) is 34.3 Å². The maximum absolute atomic E-state index is 12.2. The minimum absolute atomic E-state index is 0.0556. The summed E-state index contributed by atoms with van der Waals surface area (Å²) in [6, 6.07) is 7.58. The van der Waals surface area contributed by atoms with Gasteiger partial charge in [0.25, 0.3) is 10.2 Å². The minimum atomic E-state index is -3.40. The fourth-order valence-electron chi connectivity index (χ4n) is 1.46. The van der Waals surface area contributed by atoms with E-state index in [9.17, 15) is 8.42 Å². The second-order valence-electron chi connectivity index (χ2n) is 4.50. The van der Waals surface area contributed by atoms with Crippen LogP contribution in [-0.4, -0.2) is 37.2 Å². The van der Waals surface area contributed by atoms with E-state index in [-0.39, 0.29) is 6.04 Å². The second-order valence-corrected chi connectivity index (χ2v) is 7.51. The molecule has 18 heavy (non-hydrogen) atoms. The van der Waals surface area contributed by atoms with Gasteiger partial charge in [-0.3, -0.25) is 0 Å². The molecule has 0 spiro atoms. The highest BCUT2D eigenvalue weighted by Crippen LogP contribution is 2.16. The van der Waals surface area contributed by atoms with E-state index in [1.54, 1.807) is 14.1 Å². The van der Waals surface area contributed by atoms with Crippen LogP contribution in [0.25, 0.3) is 0 Å². The summed E-state index contributed by atoms with van der Waals surface area (Å²) in [5, 5.41) is 0. The van der Waals surface area contributed by atoms with Gasteiger partial charge in [0.05, 0.1) is 0 Å². The molecule has 0 radical (unpaired) electrons. The predicted octanol–water partition coefficient (Wildman–Crippen LogP) is 2.47. The Hall–Kier alpha value is -0.430. The van der Waals surface area contributed by atoms with E-state index in [4.69, 9.17) is 0 Å². The highest BCUT2D eigenvalue weighted by Gasteiger charge is 2.25. The Bertz CT molecular complexity index is 503. The molecule has 0 unspecified atom stereocenters. The first kappa shape index (κ1) is 15.6. The van der Waals surface area contributed by atoms with Crippen LogP contribution in [0.2, 0.25) is 0 Å². The van der Waals surface area contributed by atoms with Crippen molar-refractivity contribution in [1.82, 2.24) is 8.61 Å². The predicted molar refractivity (Wildman–Crippen MR) is 77.4 cm³/mol. The zero-order valence-electron chi connectivity index (χ0n) is 11.1. The summed E-state index contributed by atoms with van der Waals surface area (Å²) in [6.07, 6.45) is 0. The van der Waals surface area contributed by atoms with Crippen molar-refractivity contribution in [2.75, 3.05) is 14.1 Å². The number of nitrogens with zero attached hydrogens (tertiary/aromatic N) is 2. The Morgan fingerprint density at radius 2 is 1.89 bits per heavy atom. The van der Waals surface area contributed by atoms with Crippen molar-refractivity contribution in [3.8, 4) is 0 Å². The van der Waals surface area contributed by atoms with Crippen molar-refractivity contribution < 1.29 is 8.42 Å². The molecular weight excluding hydrogens is 316 g/mol. The van der Waals surface area contributed by atoms with Gasteiger partial charge in [-0.15, -0.1) is 0 Å². The van der Waals surface area contributed by atoms with E-state index in [0.29, 0.717) is 6.54 Å². The summed E-state index contributed by atoms with van der Waals surface area (Å²) in [6.45, 7) is 4.06. The van der Waals surface area contributed by atoms with E-state index in [1.807, 2.05) is 38.1 Å². The van der Waals surface area contributed by atoms with Crippen molar-refractivity contribution >= 4 is 26.1 Å². The van der Waals surface area contributed by atoms with E-state index >= 15 is 0 Å². The second kappa shape index (κ2) is 6.14. The molecule has 0 aliphatic carbocycles. The third-order valence-corrected chi connectivity index (χ3v) is 5.34. The third kappa shape index (κ3) is 3.78. The number of benzene rings is 1. The van der Waals surface area contributed by atoms with Crippen LogP contribution in [0.1, 0.15) is 19.4 Å². The van der Waals surface area contributed by atoms with Crippen molar-refractivity contribution in [2.45, 2.75) is 26.4 Å². The van der Waals surface area contributed by atoms with Crippen molar-refractivity contribution in [1.29, 1.82) is 0 Å². The van der Waals surface area contributed by atoms with Gasteiger partial charge in [-0.25, -0.2) is 0 Å². The fraction of sp³-hybridized carbons (Fsp3) is 0.500. The zero-order chi connectivity index (χ0) is 13.9. The van der Waals surface area contributed by atoms with Crippen LogP contribution in [0.3, 0.4) is 0 Å². The van der Waals surface area contributed by atoms with Gasteiger partial charge < -0.3 is 0 Å². The average Bonchev–Trinajstić information content (AvgIpc) is 2.27. The summed E-state index contributed by atoms with van der Waals surface area (Å²) < 4.78 is 28.1. The van der Waals surface area contributed by atoms with Crippen LogP contribution in [0.4, 0.5) is 0 Å². The lowest BCUT2D eigenvalue weighted by atomic mass is 10.2. The Kier molecular flexibility index (Phi) is 5.33. The molecule has 1 aromatic carbocycles. The minimum Gasteiger partial charge on any atom is -0.195 e. The lowest BCUT2D eigenvalue weighted by Crippen LogP contribution is -2.42. The van der Waals surface area contributed by atoms with Gasteiger partial charge >= 0.3 is 0 Å². The Morgan fingerprint density at radius 3 is 2.39 bits per heavy atom. The number of hydrogen-bond donors (Lipinski definition) is 0. The van der Waals surface area contributed by atoms with Gasteiger partial charge in [0.2, 0.25) is 0 Å². The lowest BCUT2D eigenvalue weighted by Gasteiger charge is -2.27. The molecule has 0 atom stereocenters. The zero-order valence-corrected chi connectivity index (χ0v) is 13.5. The van der Waals surface area contributed by atoms with Gasteiger partial charge in [0.15, 0.2) is 0 Å². The van der Waals surface area contributed by atoms with Gasteiger partial charge in [-0.05, 0) is 31.5 Å². The first-order valence-corrected chi connectivity index (χ1v) is 7.88. The average molecular weight is 335 g/mol. The Morgan fingerprint density at radius 1 is 1.28 bits per heavy atom. The first-order valence-electron chi connectivity index (χ1n) is 5.69. The smallest absolute Gasteiger partial charge is 0.195 e. The molecule has 0 aliphatic rings. The molecule has 102 valence electrons. The van der Waals surface area contributed by atoms with Crippen LogP contribution < -0.4 is 0 Å². The molecule has 0 heterocycles. The maximum atomic E-state index is 12.2. The van der Waals surface area contributed by atoms with Crippen molar-refractivity contribution in [2.24, 2.45) is 0 Å². The molecule has 1 rings (SSSR count). The third-order valence-electron chi connectivity index (χ3n) is 2.78. The highest BCUT2D eigenvalue weighted by molar-refractivity contribution is 9.10. The van der Waals surface area contributed by atoms with Crippen LogP contribution in [0, 0.1) is 0 Å². The van der Waals surface area contributed by atoms with Gasteiger partial charge in [-0.1, -0.05) is 28.1 Å². The molecule has 0 aliphatic heterocycles. The number of halogens is 1. The molecule has 1 aromatic rings. The molecule has 6 heteroatoms. The highest BCUT2D eigenvalue weighted by atomic mass is 79.9. The number of hydrogen-bond acceptors (Lipinski definition) is 2.